The van der Waals surface area contributed by atoms with Gasteiger partial charge in [0.25, 0.3) is 0 Å². The summed E-state index contributed by atoms with van der Waals surface area (Å²) in [5, 5.41) is 9.76. The highest BCUT2D eigenvalue weighted by Gasteiger charge is 2.34. The van der Waals surface area contributed by atoms with Crippen molar-refractivity contribution >= 4 is 0 Å². The predicted octanol–water partition coefficient (Wildman–Crippen LogP) is 2.62. The van der Waals surface area contributed by atoms with Crippen molar-refractivity contribution < 1.29 is 9.84 Å². The highest BCUT2D eigenvalue weighted by Crippen LogP contribution is 2.28. The Kier molecular flexibility index (Phi) is 5.28. The number of β-amino-alcohol motifs (C(OH)–C–C–N with tert-alkyl or cyclic N) is 1. The summed E-state index contributed by atoms with van der Waals surface area (Å²) in [4.78, 5) is 2.46. The fourth-order valence-electron chi connectivity index (χ4n) is 3.73. The number of likely N-dealkylation sites (tertiary alicyclic amines) is 1. The molecule has 1 saturated heterocycles. The second-order valence-electron chi connectivity index (χ2n) is 6.43. The average Bonchev–Trinajstić information content (AvgIpc) is 2.95. The molecule has 116 valence electrons. The van der Waals surface area contributed by atoms with E-state index < -0.39 is 0 Å². The molecular formula is C18H27NO2. The lowest BCUT2D eigenvalue weighted by molar-refractivity contribution is -0.0316. The number of aliphatic hydroxyl groups excluding tert-OH is 1. The molecule has 21 heavy (non-hydrogen) atoms. The topological polar surface area (TPSA) is 32.7 Å². The monoisotopic (exact) mass is 289 g/mol. The van der Waals surface area contributed by atoms with Crippen LogP contribution in [0.1, 0.15) is 37.7 Å². The van der Waals surface area contributed by atoms with E-state index in [1.54, 1.807) is 0 Å². The van der Waals surface area contributed by atoms with E-state index in [1.807, 2.05) is 0 Å². The Balaban J connectivity index is 1.50. The number of aliphatic hydroxyl groups is 1. The van der Waals surface area contributed by atoms with Gasteiger partial charge < -0.3 is 9.84 Å². The zero-order chi connectivity index (χ0) is 14.5. The first-order valence-corrected chi connectivity index (χ1v) is 8.40. The minimum atomic E-state index is -0.128. The van der Waals surface area contributed by atoms with E-state index in [0.717, 1.165) is 32.5 Å². The van der Waals surface area contributed by atoms with Crippen molar-refractivity contribution in [2.45, 2.75) is 56.8 Å². The van der Waals surface area contributed by atoms with Crippen LogP contribution in [0, 0.1) is 0 Å². The molecular weight excluding hydrogens is 262 g/mol. The summed E-state index contributed by atoms with van der Waals surface area (Å²) in [6.07, 6.45) is 7.12. The number of nitrogens with zero attached hydrogens (tertiary/aromatic N) is 1. The van der Waals surface area contributed by atoms with Crippen LogP contribution in [0.4, 0.5) is 0 Å². The molecule has 0 amide bonds. The van der Waals surface area contributed by atoms with Crippen molar-refractivity contribution in [3.8, 4) is 0 Å². The van der Waals surface area contributed by atoms with Gasteiger partial charge in [-0.3, -0.25) is 4.90 Å². The molecule has 0 radical (unpaired) electrons. The van der Waals surface area contributed by atoms with Crippen LogP contribution < -0.4 is 0 Å². The molecule has 0 bridgehead atoms. The van der Waals surface area contributed by atoms with Gasteiger partial charge in [-0.1, -0.05) is 43.2 Å². The number of rotatable bonds is 5. The van der Waals surface area contributed by atoms with Gasteiger partial charge >= 0.3 is 0 Å². The van der Waals surface area contributed by atoms with Gasteiger partial charge in [0.05, 0.1) is 18.8 Å². The fraction of sp³-hybridized carbons (Fsp3) is 0.667. The quantitative estimate of drug-likeness (QED) is 0.904. The van der Waals surface area contributed by atoms with E-state index >= 15 is 0 Å². The minimum absolute atomic E-state index is 0.128. The average molecular weight is 289 g/mol. The molecule has 1 aromatic carbocycles. The van der Waals surface area contributed by atoms with Crippen molar-refractivity contribution in [1.29, 1.82) is 0 Å². The third kappa shape index (κ3) is 4.06. The Hall–Kier alpha value is -0.900. The molecule has 3 atom stereocenters. The lowest BCUT2D eigenvalue weighted by Crippen LogP contribution is -2.46. The zero-order valence-electron chi connectivity index (χ0n) is 12.8. The maximum absolute atomic E-state index is 9.76. The lowest BCUT2D eigenvalue weighted by atomic mass is 9.91. The van der Waals surface area contributed by atoms with Crippen LogP contribution in [-0.2, 0) is 11.2 Å². The molecule has 1 aromatic rings. The fourth-order valence-corrected chi connectivity index (χ4v) is 3.73. The summed E-state index contributed by atoms with van der Waals surface area (Å²) in [5.74, 6) is 0. The van der Waals surface area contributed by atoms with Crippen LogP contribution in [0.25, 0.3) is 0 Å². The van der Waals surface area contributed by atoms with Crippen molar-refractivity contribution in [3.05, 3.63) is 35.9 Å². The molecule has 1 aliphatic carbocycles. The van der Waals surface area contributed by atoms with Gasteiger partial charge in [0.1, 0.15) is 0 Å². The largest absolute Gasteiger partial charge is 0.392 e. The van der Waals surface area contributed by atoms with Gasteiger partial charge in [0.2, 0.25) is 0 Å². The van der Waals surface area contributed by atoms with Gasteiger partial charge in [-0.25, -0.2) is 0 Å². The number of hydrogen-bond donors (Lipinski definition) is 1. The van der Waals surface area contributed by atoms with Crippen molar-refractivity contribution in [2.75, 3.05) is 19.7 Å². The molecule has 3 heteroatoms. The lowest BCUT2D eigenvalue weighted by Gasteiger charge is -2.37. The molecule has 3 nitrogen and oxygen atoms in total. The molecule has 2 unspecified atom stereocenters. The predicted molar refractivity (Wildman–Crippen MR) is 84.3 cm³/mol. The molecule has 1 saturated carbocycles. The van der Waals surface area contributed by atoms with E-state index in [0.29, 0.717) is 12.1 Å². The molecule has 1 heterocycles. The van der Waals surface area contributed by atoms with Gasteiger partial charge in [-0.15, -0.1) is 0 Å². The Bertz CT molecular complexity index is 422. The van der Waals surface area contributed by atoms with E-state index in [4.69, 9.17) is 4.74 Å². The summed E-state index contributed by atoms with van der Waals surface area (Å²) in [5.41, 5.74) is 1.35. The maximum atomic E-state index is 9.76. The van der Waals surface area contributed by atoms with Crippen LogP contribution in [0.3, 0.4) is 0 Å². The molecule has 0 aromatic heterocycles. The van der Waals surface area contributed by atoms with Crippen LogP contribution in [0.2, 0.25) is 0 Å². The third-order valence-electron chi connectivity index (χ3n) is 4.90. The Morgan fingerprint density at radius 1 is 1.10 bits per heavy atom. The minimum Gasteiger partial charge on any atom is -0.392 e. The molecule has 0 spiro atoms. The zero-order valence-corrected chi connectivity index (χ0v) is 12.8. The maximum Gasteiger partial charge on any atom is 0.0730 e. The second kappa shape index (κ2) is 7.39. The molecule has 1 aliphatic heterocycles. The van der Waals surface area contributed by atoms with Gasteiger partial charge in [-0.2, -0.15) is 0 Å². The Labute approximate surface area is 127 Å². The van der Waals surface area contributed by atoms with Crippen molar-refractivity contribution in [3.63, 3.8) is 0 Å². The first-order chi connectivity index (χ1) is 10.3. The van der Waals surface area contributed by atoms with E-state index in [2.05, 4.69) is 35.2 Å². The molecule has 2 aliphatic rings. The SMILES string of the molecule is OC1CCN([C@@H]2CCCCC2OCCc2ccccc2)C1. The van der Waals surface area contributed by atoms with Crippen LogP contribution in [-0.4, -0.2) is 48.0 Å². The standard InChI is InChI=1S/C18H27NO2/c20-16-10-12-19(14-16)17-8-4-5-9-18(17)21-13-11-15-6-2-1-3-7-15/h1-3,6-7,16-18,20H,4-5,8-14H2/t16?,17-,18?/m1/s1. The molecule has 2 fully saturated rings. The Morgan fingerprint density at radius 3 is 2.67 bits per heavy atom. The van der Waals surface area contributed by atoms with Crippen molar-refractivity contribution in [1.82, 2.24) is 4.90 Å². The normalized spacial score (nSPS) is 30.6. The summed E-state index contributed by atoms with van der Waals surface area (Å²) in [6, 6.07) is 11.1. The summed E-state index contributed by atoms with van der Waals surface area (Å²) in [6.45, 7) is 2.68. The smallest absolute Gasteiger partial charge is 0.0730 e. The Morgan fingerprint density at radius 2 is 1.90 bits per heavy atom. The van der Waals surface area contributed by atoms with E-state index in [1.165, 1.54) is 31.2 Å². The van der Waals surface area contributed by atoms with Crippen LogP contribution in [0.15, 0.2) is 30.3 Å². The summed E-state index contributed by atoms with van der Waals surface area (Å²) >= 11 is 0. The van der Waals surface area contributed by atoms with Gasteiger partial charge in [0, 0.05) is 19.1 Å². The van der Waals surface area contributed by atoms with Crippen molar-refractivity contribution in [2.24, 2.45) is 0 Å². The molecule has 3 rings (SSSR count). The first-order valence-electron chi connectivity index (χ1n) is 8.40. The summed E-state index contributed by atoms with van der Waals surface area (Å²) in [7, 11) is 0. The number of hydrogen-bond acceptors (Lipinski definition) is 3. The van der Waals surface area contributed by atoms with Crippen LogP contribution >= 0.6 is 0 Å². The van der Waals surface area contributed by atoms with Gasteiger partial charge in [0.15, 0.2) is 0 Å². The second-order valence-corrected chi connectivity index (χ2v) is 6.43. The third-order valence-corrected chi connectivity index (χ3v) is 4.90. The first kappa shape index (κ1) is 15.0. The molecule has 1 N–H and O–H groups in total. The summed E-state index contributed by atoms with van der Waals surface area (Å²) < 4.78 is 6.22. The van der Waals surface area contributed by atoms with E-state index in [9.17, 15) is 5.11 Å². The van der Waals surface area contributed by atoms with E-state index in [-0.39, 0.29) is 6.10 Å². The van der Waals surface area contributed by atoms with Gasteiger partial charge in [-0.05, 0) is 31.2 Å². The number of benzene rings is 1. The number of ether oxygens (including phenoxy) is 1. The highest BCUT2D eigenvalue weighted by molar-refractivity contribution is 5.14. The van der Waals surface area contributed by atoms with Crippen LogP contribution in [0.5, 0.6) is 0 Å². The highest BCUT2D eigenvalue weighted by atomic mass is 16.5.